The van der Waals surface area contributed by atoms with E-state index < -0.39 is 33.3 Å². The van der Waals surface area contributed by atoms with Gasteiger partial charge < -0.3 is 17.7 Å². The van der Waals surface area contributed by atoms with Crippen molar-refractivity contribution in [2.24, 2.45) is 0 Å². The lowest BCUT2D eigenvalue weighted by atomic mass is 9.83. The van der Waals surface area contributed by atoms with Crippen LogP contribution in [-0.2, 0) is 0 Å². The Labute approximate surface area is 402 Å². The van der Waals surface area contributed by atoms with Crippen molar-refractivity contribution in [2.75, 3.05) is 0 Å². The van der Waals surface area contributed by atoms with Gasteiger partial charge in [-0.25, -0.2) is 0 Å². The summed E-state index contributed by atoms with van der Waals surface area (Å²) in [5.74, 6) is 3.81. The van der Waals surface area contributed by atoms with Gasteiger partial charge in [0, 0.05) is 11.1 Å². The van der Waals surface area contributed by atoms with Gasteiger partial charge in [-0.3, -0.25) is 0 Å². The zero-order chi connectivity index (χ0) is 47.3. The first kappa shape index (κ1) is 49.5. The summed E-state index contributed by atoms with van der Waals surface area (Å²) in [6.45, 7) is 28.0. The van der Waals surface area contributed by atoms with Crippen LogP contribution in [0.25, 0.3) is 65.3 Å². The van der Waals surface area contributed by atoms with Gasteiger partial charge >= 0.3 is 0 Å². The van der Waals surface area contributed by atoms with Gasteiger partial charge in [0.05, 0.1) is 11.1 Å². The molecule has 4 nitrogen and oxygen atoms in total. The number of fused-ring (bicyclic) bond motifs is 4. The SMILES string of the molecule is CC[Si](CC)(CC)Oc1cccc(O[Si](CC)(CC)CC)c1-c1c2cc3ccccc3cc2c(-c2c(O[Si](CC)(CC)CC)cccc2O[Si](CC)(CC)CC)c2cc3ccccc3cc12. The summed E-state index contributed by atoms with van der Waals surface area (Å²) in [5, 5.41) is 9.61. The molecule has 0 heterocycles. The standard InChI is InChI=1S/C58H78O4Si4/c1-13-63(14-2,15-3)59-51-35-29-36-52(60-64(16-4,17-5)18-6)57(51)55-47-39-43-31-25-27-33-45(43)41-49(47)56(50-42-46-34-28-26-32-44(46)40-48(50)55)58-53(61-65(19-7,20-8)21-9)37-30-38-54(58)62-66(22-10,23-11)24-12/h25-42H,13-24H2,1-12H3. The van der Waals surface area contributed by atoms with Crippen molar-refractivity contribution in [1.82, 2.24) is 0 Å². The molecule has 0 amide bonds. The molecule has 0 saturated heterocycles. The van der Waals surface area contributed by atoms with Crippen LogP contribution in [0.2, 0.25) is 72.5 Å². The van der Waals surface area contributed by atoms with Crippen LogP contribution in [0.15, 0.2) is 109 Å². The van der Waals surface area contributed by atoms with E-state index in [2.05, 4.69) is 192 Å². The maximum absolute atomic E-state index is 7.64. The number of benzene rings is 7. The molecule has 0 bridgehead atoms. The third-order valence-corrected chi connectivity index (χ3v) is 34.4. The second-order valence-corrected chi connectivity index (χ2v) is 37.6. The van der Waals surface area contributed by atoms with Crippen LogP contribution in [0.5, 0.6) is 23.0 Å². The van der Waals surface area contributed by atoms with E-state index in [1.54, 1.807) is 0 Å². The van der Waals surface area contributed by atoms with Gasteiger partial charge in [-0.1, -0.05) is 144 Å². The van der Waals surface area contributed by atoms with Crippen molar-refractivity contribution in [3.8, 4) is 45.3 Å². The fraction of sp³-hybridized carbons (Fsp3) is 0.414. The molecular formula is C58H78O4Si4. The van der Waals surface area contributed by atoms with Crippen LogP contribution in [0.1, 0.15) is 83.1 Å². The summed E-state index contributed by atoms with van der Waals surface area (Å²) >= 11 is 0. The number of rotatable bonds is 22. The summed E-state index contributed by atoms with van der Waals surface area (Å²) in [5.41, 5.74) is 4.55. The normalized spacial score (nSPS) is 12.7. The summed E-state index contributed by atoms with van der Waals surface area (Å²) in [4.78, 5) is 0. The Morgan fingerprint density at radius 3 is 0.636 bits per heavy atom. The van der Waals surface area contributed by atoms with Crippen molar-refractivity contribution >= 4 is 76.4 Å². The van der Waals surface area contributed by atoms with E-state index in [1.165, 1.54) is 54.2 Å². The molecule has 0 unspecified atom stereocenters. The highest BCUT2D eigenvalue weighted by Crippen LogP contribution is 2.55. The highest BCUT2D eigenvalue weighted by atomic mass is 28.4. The van der Waals surface area contributed by atoms with Gasteiger partial charge in [-0.05, 0) is 164 Å². The predicted octanol–water partition coefficient (Wildman–Crippen LogP) is 19.2. The lowest BCUT2D eigenvalue weighted by Gasteiger charge is -2.35. The van der Waals surface area contributed by atoms with E-state index >= 15 is 0 Å². The summed E-state index contributed by atoms with van der Waals surface area (Å²) in [7, 11) is -8.67. The molecule has 0 aliphatic carbocycles. The van der Waals surface area contributed by atoms with E-state index in [1.807, 2.05) is 0 Å². The topological polar surface area (TPSA) is 36.9 Å². The van der Waals surface area contributed by atoms with E-state index in [0.29, 0.717) is 0 Å². The molecule has 0 aliphatic heterocycles. The highest BCUT2D eigenvalue weighted by molar-refractivity contribution is 6.75. The summed E-state index contributed by atoms with van der Waals surface area (Å²) < 4.78 is 30.6. The highest BCUT2D eigenvalue weighted by Gasteiger charge is 2.38. The monoisotopic (exact) mass is 950 g/mol. The van der Waals surface area contributed by atoms with Crippen LogP contribution < -0.4 is 17.7 Å². The van der Waals surface area contributed by atoms with Crippen molar-refractivity contribution in [1.29, 1.82) is 0 Å². The van der Waals surface area contributed by atoms with Crippen LogP contribution in [-0.4, -0.2) is 33.3 Å². The zero-order valence-electron chi connectivity index (χ0n) is 42.5. The number of hydrogen-bond acceptors (Lipinski definition) is 4. The van der Waals surface area contributed by atoms with Crippen LogP contribution in [0.4, 0.5) is 0 Å². The molecule has 0 aromatic heterocycles. The average molecular weight is 952 g/mol. The summed E-state index contributed by atoms with van der Waals surface area (Å²) in [6, 6.07) is 53.6. The first-order chi connectivity index (χ1) is 32.0. The van der Waals surface area contributed by atoms with Crippen LogP contribution in [0.3, 0.4) is 0 Å². The Morgan fingerprint density at radius 1 is 0.258 bits per heavy atom. The smallest absolute Gasteiger partial charge is 0.250 e. The average Bonchev–Trinajstić information content (AvgIpc) is 3.37. The minimum absolute atomic E-state index is 0.953. The summed E-state index contributed by atoms with van der Waals surface area (Å²) in [6.07, 6.45) is 0. The molecule has 350 valence electrons. The molecule has 7 rings (SSSR count). The maximum Gasteiger partial charge on any atom is 0.250 e. The fourth-order valence-electron chi connectivity index (χ4n) is 10.8. The molecule has 0 fully saturated rings. The lowest BCUT2D eigenvalue weighted by Crippen LogP contribution is -2.40. The van der Waals surface area contributed by atoms with Crippen LogP contribution in [0, 0.1) is 0 Å². The van der Waals surface area contributed by atoms with Crippen molar-refractivity contribution < 1.29 is 17.7 Å². The van der Waals surface area contributed by atoms with Crippen molar-refractivity contribution in [2.45, 2.75) is 156 Å². The molecule has 0 N–H and O–H groups in total. The lowest BCUT2D eigenvalue weighted by molar-refractivity contribution is 0.512. The fourth-order valence-corrected chi connectivity index (χ4v) is 21.1. The molecule has 0 saturated carbocycles. The minimum atomic E-state index is -2.17. The Kier molecular flexibility index (Phi) is 15.7. The second kappa shape index (κ2) is 20.9. The Morgan fingerprint density at radius 2 is 0.455 bits per heavy atom. The predicted molar refractivity (Wildman–Crippen MR) is 299 cm³/mol. The third-order valence-electron chi connectivity index (χ3n) is 16.4. The van der Waals surface area contributed by atoms with Gasteiger partial charge in [-0.2, -0.15) is 0 Å². The molecule has 0 aliphatic rings. The van der Waals surface area contributed by atoms with Gasteiger partial charge in [0.25, 0.3) is 33.3 Å². The molecule has 8 heteroatoms. The van der Waals surface area contributed by atoms with Crippen molar-refractivity contribution in [3.63, 3.8) is 0 Å². The Hall–Kier alpha value is -4.35. The first-order valence-electron chi connectivity index (χ1n) is 25.8. The molecule has 0 spiro atoms. The molecule has 0 atom stereocenters. The minimum Gasteiger partial charge on any atom is -0.543 e. The van der Waals surface area contributed by atoms with E-state index in [-0.39, 0.29) is 0 Å². The molecular weight excluding hydrogens is 873 g/mol. The quantitative estimate of drug-likeness (QED) is 0.0501. The maximum atomic E-state index is 7.64. The van der Waals surface area contributed by atoms with Gasteiger partial charge in [-0.15, -0.1) is 0 Å². The zero-order valence-corrected chi connectivity index (χ0v) is 46.5. The second-order valence-electron chi connectivity index (χ2n) is 18.9. The molecule has 7 aromatic rings. The Balaban J connectivity index is 1.77. The van der Waals surface area contributed by atoms with E-state index in [9.17, 15) is 0 Å². The van der Waals surface area contributed by atoms with Crippen molar-refractivity contribution in [3.05, 3.63) is 109 Å². The number of hydrogen-bond donors (Lipinski definition) is 0. The van der Waals surface area contributed by atoms with E-state index in [4.69, 9.17) is 17.7 Å². The largest absolute Gasteiger partial charge is 0.543 e. The molecule has 7 aromatic carbocycles. The molecule has 0 radical (unpaired) electrons. The first-order valence-corrected chi connectivity index (χ1v) is 35.9. The third kappa shape index (κ3) is 9.16. The van der Waals surface area contributed by atoms with Gasteiger partial charge in [0.1, 0.15) is 23.0 Å². The van der Waals surface area contributed by atoms with E-state index in [0.717, 1.165) is 107 Å². The molecule has 66 heavy (non-hydrogen) atoms. The van der Waals surface area contributed by atoms with Crippen LogP contribution >= 0.6 is 0 Å². The Bertz CT molecular complexity index is 2380. The van der Waals surface area contributed by atoms with Gasteiger partial charge in [0.15, 0.2) is 0 Å². The van der Waals surface area contributed by atoms with Gasteiger partial charge in [0.2, 0.25) is 0 Å².